The van der Waals surface area contributed by atoms with Crippen LogP contribution in [0.4, 0.5) is 0 Å². The van der Waals surface area contributed by atoms with Crippen molar-refractivity contribution in [2.45, 2.75) is 19.9 Å². The predicted molar refractivity (Wildman–Crippen MR) is 77.0 cm³/mol. The summed E-state index contributed by atoms with van der Waals surface area (Å²) in [6, 6.07) is 21.3. The Bertz CT molecular complexity index is 408. The van der Waals surface area contributed by atoms with Gasteiger partial charge in [-0.2, -0.15) is 0 Å². The van der Waals surface area contributed by atoms with Gasteiger partial charge in [0.15, 0.2) is 0 Å². The lowest BCUT2D eigenvalue weighted by atomic mass is 9.98. The highest BCUT2D eigenvalue weighted by Gasteiger charge is 2.13. The van der Waals surface area contributed by atoms with Gasteiger partial charge < -0.3 is 5.32 Å². The van der Waals surface area contributed by atoms with Gasteiger partial charge >= 0.3 is 0 Å². The minimum atomic E-state index is 0.231. The van der Waals surface area contributed by atoms with Gasteiger partial charge in [-0.25, -0.2) is 0 Å². The Morgan fingerprint density at radius 1 is 0.778 bits per heavy atom. The van der Waals surface area contributed by atoms with E-state index in [4.69, 9.17) is 0 Å². The molecule has 0 aromatic heterocycles. The van der Waals surface area contributed by atoms with Crippen molar-refractivity contribution in [2.24, 2.45) is 5.92 Å². The topological polar surface area (TPSA) is 12.0 Å². The van der Waals surface area contributed by atoms with Gasteiger partial charge in [-0.1, -0.05) is 74.5 Å². The highest BCUT2D eigenvalue weighted by atomic mass is 14.9. The van der Waals surface area contributed by atoms with Crippen LogP contribution in [0.15, 0.2) is 60.7 Å². The van der Waals surface area contributed by atoms with Crippen molar-refractivity contribution >= 4 is 0 Å². The molecule has 2 rings (SSSR count). The zero-order valence-electron chi connectivity index (χ0n) is 11.0. The lowest BCUT2D eigenvalue weighted by Crippen LogP contribution is -2.22. The van der Waals surface area contributed by atoms with Gasteiger partial charge in [-0.05, 0) is 17.0 Å². The van der Waals surface area contributed by atoms with Crippen molar-refractivity contribution in [1.29, 1.82) is 0 Å². The molecule has 0 bridgehead atoms. The van der Waals surface area contributed by atoms with E-state index >= 15 is 0 Å². The van der Waals surface area contributed by atoms with Crippen molar-refractivity contribution in [3.05, 3.63) is 78.3 Å². The summed E-state index contributed by atoms with van der Waals surface area (Å²) in [4.78, 5) is 0. The third kappa shape index (κ3) is 3.44. The van der Waals surface area contributed by atoms with E-state index < -0.39 is 0 Å². The highest BCUT2D eigenvalue weighted by molar-refractivity contribution is 5.31. The number of hydrogen-bond acceptors (Lipinski definition) is 1. The van der Waals surface area contributed by atoms with E-state index in [1.807, 2.05) is 0 Å². The number of nitrogens with one attached hydrogen (secondary N) is 1. The van der Waals surface area contributed by atoms with E-state index in [0.717, 1.165) is 0 Å². The van der Waals surface area contributed by atoms with Crippen LogP contribution < -0.4 is 5.32 Å². The van der Waals surface area contributed by atoms with Crippen LogP contribution in [0.3, 0.4) is 0 Å². The zero-order chi connectivity index (χ0) is 12.8. The van der Waals surface area contributed by atoms with Gasteiger partial charge in [0.2, 0.25) is 0 Å². The first-order valence-electron chi connectivity index (χ1n) is 6.46. The van der Waals surface area contributed by atoms with Crippen molar-refractivity contribution in [3.8, 4) is 0 Å². The molecule has 0 atom stereocenters. The van der Waals surface area contributed by atoms with Crippen LogP contribution in [0.1, 0.15) is 31.0 Å². The minimum absolute atomic E-state index is 0.231. The molecule has 0 aliphatic heterocycles. The second-order valence-electron chi connectivity index (χ2n) is 4.83. The molecule has 0 saturated carbocycles. The molecular weight excluding hydrogens is 218 g/mol. The normalized spacial score (nSPS) is 11.1. The Kier molecular flexibility index (Phi) is 4.54. The molecule has 0 spiro atoms. The molecule has 18 heavy (non-hydrogen) atoms. The van der Waals surface area contributed by atoms with Gasteiger partial charge in [-0.3, -0.25) is 0 Å². The van der Waals surface area contributed by atoms with Crippen LogP contribution in [-0.4, -0.2) is 0 Å². The summed E-state index contributed by atoms with van der Waals surface area (Å²) in [5, 5.41) is 3.53. The second kappa shape index (κ2) is 6.36. The van der Waals surface area contributed by atoms with Gasteiger partial charge in [0.1, 0.15) is 0 Å². The summed E-state index contributed by atoms with van der Waals surface area (Å²) < 4.78 is 0. The van der Waals surface area contributed by atoms with E-state index in [9.17, 15) is 0 Å². The van der Waals surface area contributed by atoms with Crippen LogP contribution in [0, 0.1) is 12.5 Å². The van der Waals surface area contributed by atoms with Crippen LogP contribution in [0.2, 0.25) is 0 Å². The lowest BCUT2D eigenvalue weighted by molar-refractivity contribution is 0.591. The van der Waals surface area contributed by atoms with Crippen LogP contribution >= 0.6 is 0 Å². The molecule has 0 heterocycles. The SMILES string of the molecule is CC(C)[CH]NC(c1ccccc1)c1ccccc1. The first-order valence-corrected chi connectivity index (χ1v) is 6.46. The summed E-state index contributed by atoms with van der Waals surface area (Å²) in [6.45, 7) is 6.52. The molecule has 0 saturated heterocycles. The maximum absolute atomic E-state index is 3.53. The van der Waals surface area contributed by atoms with Gasteiger partial charge in [0.05, 0.1) is 6.04 Å². The Hall–Kier alpha value is -1.60. The minimum Gasteiger partial charge on any atom is -0.302 e. The van der Waals surface area contributed by atoms with Crippen molar-refractivity contribution in [2.75, 3.05) is 0 Å². The molecule has 1 radical (unpaired) electrons. The molecule has 1 N–H and O–H groups in total. The molecule has 0 fully saturated rings. The van der Waals surface area contributed by atoms with Crippen molar-refractivity contribution in [1.82, 2.24) is 5.32 Å². The average molecular weight is 238 g/mol. The fourth-order valence-electron chi connectivity index (χ4n) is 1.96. The molecular formula is C17H20N. The predicted octanol–water partition coefficient (Wildman–Crippen LogP) is 4.18. The summed E-state index contributed by atoms with van der Waals surface area (Å²) in [6.07, 6.45) is 0. The zero-order valence-corrected chi connectivity index (χ0v) is 11.0. The highest BCUT2D eigenvalue weighted by Crippen LogP contribution is 2.22. The van der Waals surface area contributed by atoms with E-state index in [2.05, 4.69) is 86.4 Å². The quantitative estimate of drug-likeness (QED) is 0.823. The monoisotopic (exact) mass is 238 g/mol. The summed E-state index contributed by atoms with van der Waals surface area (Å²) in [5.74, 6) is 0.528. The molecule has 0 amide bonds. The van der Waals surface area contributed by atoms with Crippen LogP contribution in [0.25, 0.3) is 0 Å². The first-order chi connectivity index (χ1) is 8.77. The van der Waals surface area contributed by atoms with Crippen LogP contribution in [-0.2, 0) is 0 Å². The largest absolute Gasteiger partial charge is 0.302 e. The lowest BCUT2D eigenvalue weighted by Gasteiger charge is -2.20. The van der Waals surface area contributed by atoms with Gasteiger partial charge in [0.25, 0.3) is 0 Å². The smallest absolute Gasteiger partial charge is 0.0579 e. The summed E-state index contributed by atoms with van der Waals surface area (Å²) >= 11 is 0. The number of benzene rings is 2. The second-order valence-corrected chi connectivity index (χ2v) is 4.83. The molecule has 1 heteroatoms. The number of rotatable bonds is 5. The maximum atomic E-state index is 3.53. The fraction of sp³-hybridized carbons (Fsp3) is 0.235. The van der Waals surface area contributed by atoms with Gasteiger partial charge in [-0.15, -0.1) is 0 Å². The summed E-state index contributed by atoms with van der Waals surface area (Å²) in [5.41, 5.74) is 2.58. The van der Waals surface area contributed by atoms with Crippen molar-refractivity contribution < 1.29 is 0 Å². The van der Waals surface area contributed by atoms with E-state index in [0.29, 0.717) is 5.92 Å². The van der Waals surface area contributed by atoms with E-state index in [-0.39, 0.29) is 6.04 Å². The Morgan fingerprint density at radius 2 is 1.22 bits per heavy atom. The van der Waals surface area contributed by atoms with E-state index in [1.54, 1.807) is 0 Å². The molecule has 2 aromatic carbocycles. The average Bonchev–Trinajstić information content (AvgIpc) is 2.41. The van der Waals surface area contributed by atoms with E-state index in [1.165, 1.54) is 11.1 Å². The third-order valence-corrected chi connectivity index (χ3v) is 2.86. The van der Waals surface area contributed by atoms with Crippen LogP contribution in [0.5, 0.6) is 0 Å². The third-order valence-electron chi connectivity index (χ3n) is 2.86. The maximum Gasteiger partial charge on any atom is 0.0579 e. The Morgan fingerprint density at radius 3 is 1.61 bits per heavy atom. The summed E-state index contributed by atoms with van der Waals surface area (Å²) in [7, 11) is 0. The van der Waals surface area contributed by atoms with Crippen molar-refractivity contribution in [3.63, 3.8) is 0 Å². The molecule has 2 aromatic rings. The molecule has 1 nitrogen and oxygen atoms in total. The molecule has 0 aliphatic rings. The molecule has 0 unspecified atom stereocenters. The Labute approximate surface area is 110 Å². The molecule has 0 aliphatic carbocycles. The number of hydrogen-bond donors (Lipinski definition) is 1. The first kappa shape index (κ1) is 12.8. The Balaban J connectivity index is 2.24. The molecule has 93 valence electrons. The standard InChI is InChI=1S/C17H20N/c1-14(2)13-18-17(15-9-5-3-6-10-15)16-11-7-4-8-12-16/h3-14,17-18H,1-2H3. The van der Waals surface area contributed by atoms with Gasteiger partial charge in [0, 0.05) is 6.54 Å². The fourth-order valence-corrected chi connectivity index (χ4v) is 1.96.